The van der Waals surface area contributed by atoms with Crippen molar-refractivity contribution < 1.29 is 17.9 Å². The van der Waals surface area contributed by atoms with Crippen LogP contribution in [0, 0.1) is 6.92 Å². The molecule has 0 aromatic heterocycles. The van der Waals surface area contributed by atoms with E-state index in [0.717, 1.165) is 30.8 Å². The van der Waals surface area contributed by atoms with Gasteiger partial charge in [-0.1, -0.05) is 60.0 Å². The number of amides is 1. The summed E-state index contributed by atoms with van der Waals surface area (Å²) in [5, 5.41) is 3.36. The molecule has 1 atom stereocenters. The van der Waals surface area contributed by atoms with Crippen LogP contribution in [0.25, 0.3) is 0 Å². The number of halogens is 1. The van der Waals surface area contributed by atoms with Crippen LogP contribution < -0.4 is 14.4 Å². The van der Waals surface area contributed by atoms with E-state index < -0.39 is 16.1 Å². The number of nitrogens with zero attached hydrogens (tertiary/aromatic N) is 2. The first-order chi connectivity index (χ1) is 18.3. The molecule has 200 valence electrons. The molecule has 1 saturated heterocycles. The number of fused-ring (bicyclic) bond motifs is 1. The van der Waals surface area contributed by atoms with Crippen molar-refractivity contribution in [2.75, 3.05) is 23.9 Å². The number of hydrogen-bond donors (Lipinski definition) is 1. The van der Waals surface area contributed by atoms with Crippen LogP contribution in [-0.4, -0.2) is 45.0 Å². The normalized spacial score (nSPS) is 17.9. The van der Waals surface area contributed by atoms with Crippen LogP contribution in [0.4, 0.5) is 5.69 Å². The number of rotatable bonds is 7. The molecule has 0 bridgehead atoms. The van der Waals surface area contributed by atoms with Gasteiger partial charge in [0, 0.05) is 18.1 Å². The largest absolute Gasteiger partial charge is 0.476 e. The number of hydrogen-bond acceptors (Lipinski definition) is 5. The predicted molar refractivity (Wildman–Crippen MR) is 149 cm³/mol. The third-order valence-corrected chi connectivity index (χ3v) is 9.14. The summed E-state index contributed by atoms with van der Waals surface area (Å²) in [7, 11) is -3.96. The maximum absolute atomic E-state index is 13.6. The fourth-order valence-corrected chi connectivity index (χ4v) is 6.60. The Morgan fingerprint density at radius 1 is 1.00 bits per heavy atom. The summed E-state index contributed by atoms with van der Waals surface area (Å²) < 4.78 is 34.5. The van der Waals surface area contributed by atoms with Crippen molar-refractivity contribution in [1.82, 2.24) is 10.2 Å². The maximum Gasteiger partial charge on any atom is 0.264 e. The van der Waals surface area contributed by atoms with Gasteiger partial charge in [0.15, 0.2) is 6.10 Å². The standard InChI is InChI=1S/C29H32ClN3O4S/c1-21-9-12-25(13-10-21)38(35,36)33-20-28(37-27-14-11-24(30)17-26(27)33)29(34)31-18-22-7-3-4-8-23(22)19-32-15-5-2-6-16-32/h3-4,7-14,17,28H,2,5-6,15-16,18-20H2,1H3,(H,31,34)/t28-/m1/s1. The minimum atomic E-state index is -3.96. The number of ether oxygens (including phenoxy) is 1. The van der Waals surface area contributed by atoms with Crippen LogP contribution in [0.2, 0.25) is 5.02 Å². The molecule has 0 unspecified atom stereocenters. The van der Waals surface area contributed by atoms with E-state index >= 15 is 0 Å². The van der Waals surface area contributed by atoms with Crippen LogP contribution in [0.15, 0.2) is 71.6 Å². The molecule has 2 aliphatic rings. The molecular formula is C29H32ClN3O4S. The molecule has 0 radical (unpaired) electrons. The van der Waals surface area contributed by atoms with Gasteiger partial charge >= 0.3 is 0 Å². The second-order valence-corrected chi connectivity index (χ2v) is 12.2. The van der Waals surface area contributed by atoms with Gasteiger partial charge in [-0.3, -0.25) is 14.0 Å². The van der Waals surface area contributed by atoms with Gasteiger partial charge in [-0.2, -0.15) is 0 Å². The zero-order valence-electron chi connectivity index (χ0n) is 21.4. The summed E-state index contributed by atoms with van der Waals surface area (Å²) in [6.07, 6.45) is 2.69. The summed E-state index contributed by atoms with van der Waals surface area (Å²) in [4.78, 5) is 15.9. The van der Waals surface area contributed by atoms with Crippen LogP contribution in [-0.2, 0) is 27.9 Å². The Balaban J connectivity index is 1.34. The molecule has 38 heavy (non-hydrogen) atoms. The number of aryl methyl sites for hydroxylation is 1. The van der Waals surface area contributed by atoms with E-state index in [1.54, 1.807) is 42.5 Å². The van der Waals surface area contributed by atoms with E-state index in [-0.39, 0.29) is 17.3 Å². The van der Waals surface area contributed by atoms with Gasteiger partial charge in [-0.05, 0) is 74.3 Å². The predicted octanol–water partition coefficient (Wildman–Crippen LogP) is 4.91. The smallest absolute Gasteiger partial charge is 0.264 e. The van der Waals surface area contributed by atoms with E-state index in [0.29, 0.717) is 23.0 Å². The number of likely N-dealkylation sites (tertiary alicyclic amines) is 1. The molecule has 0 saturated carbocycles. The van der Waals surface area contributed by atoms with E-state index in [4.69, 9.17) is 16.3 Å². The lowest BCUT2D eigenvalue weighted by molar-refractivity contribution is -0.127. The minimum absolute atomic E-state index is 0.140. The number of piperidine rings is 1. The lowest BCUT2D eigenvalue weighted by atomic mass is 10.0. The SMILES string of the molecule is Cc1ccc(S(=O)(=O)N2C[C@H](C(=O)NCc3ccccc3CN3CCCCC3)Oc3ccc(Cl)cc32)cc1. The zero-order valence-corrected chi connectivity index (χ0v) is 23.0. The number of benzene rings is 3. The quantitative estimate of drug-likeness (QED) is 0.450. The highest BCUT2D eigenvalue weighted by Crippen LogP contribution is 2.39. The first kappa shape index (κ1) is 26.5. The topological polar surface area (TPSA) is 79.0 Å². The van der Waals surface area contributed by atoms with Gasteiger partial charge in [0.1, 0.15) is 5.75 Å². The molecule has 5 rings (SSSR count). The maximum atomic E-state index is 13.6. The second kappa shape index (κ2) is 11.4. The number of anilines is 1. The van der Waals surface area contributed by atoms with Gasteiger partial charge in [0.25, 0.3) is 15.9 Å². The van der Waals surface area contributed by atoms with Crippen molar-refractivity contribution in [3.63, 3.8) is 0 Å². The lowest BCUT2D eigenvalue weighted by Gasteiger charge is -2.35. The minimum Gasteiger partial charge on any atom is -0.476 e. The molecule has 9 heteroatoms. The summed E-state index contributed by atoms with van der Waals surface area (Å²) in [6, 6.07) is 19.5. The Morgan fingerprint density at radius 2 is 1.71 bits per heavy atom. The van der Waals surface area contributed by atoms with Crippen molar-refractivity contribution in [3.05, 3.63) is 88.4 Å². The van der Waals surface area contributed by atoms with Crippen molar-refractivity contribution in [3.8, 4) is 5.75 Å². The first-order valence-electron chi connectivity index (χ1n) is 12.9. The number of sulfonamides is 1. The molecule has 2 heterocycles. The Labute approximate surface area is 229 Å². The van der Waals surface area contributed by atoms with E-state index in [1.165, 1.54) is 29.1 Å². The molecule has 1 N–H and O–H groups in total. The molecule has 0 aliphatic carbocycles. The third-order valence-electron chi connectivity index (χ3n) is 7.11. The van der Waals surface area contributed by atoms with Crippen LogP contribution in [0.3, 0.4) is 0 Å². The molecule has 3 aromatic rings. The van der Waals surface area contributed by atoms with Crippen molar-refractivity contribution in [1.29, 1.82) is 0 Å². The number of carbonyl (C=O) groups is 1. The van der Waals surface area contributed by atoms with E-state index in [9.17, 15) is 13.2 Å². The molecular weight excluding hydrogens is 522 g/mol. The highest BCUT2D eigenvalue weighted by atomic mass is 35.5. The van der Waals surface area contributed by atoms with Gasteiger partial charge < -0.3 is 10.1 Å². The molecule has 0 spiro atoms. The third kappa shape index (κ3) is 5.82. The first-order valence-corrected chi connectivity index (χ1v) is 14.8. The summed E-state index contributed by atoms with van der Waals surface area (Å²) in [5.41, 5.74) is 3.49. The molecule has 1 fully saturated rings. The fraction of sp³-hybridized carbons (Fsp3) is 0.345. The van der Waals surface area contributed by atoms with E-state index in [1.807, 2.05) is 25.1 Å². The number of carbonyl (C=O) groups excluding carboxylic acids is 1. The number of nitrogens with one attached hydrogen (secondary N) is 1. The van der Waals surface area contributed by atoms with Gasteiger partial charge in [0.05, 0.1) is 17.1 Å². The Morgan fingerprint density at radius 3 is 2.45 bits per heavy atom. The second-order valence-electron chi connectivity index (χ2n) is 9.89. The van der Waals surface area contributed by atoms with Gasteiger partial charge in [-0.15, -0.1) is 0 Å². The van der Waals surface area contributed by atoms with Crippen LogP contribution in [0.5, 0.6) is 5.75 Å². The molecule has 1 amide bonds. The van der Waals surface area contributed by atoms with Crippen molar-refractivity contribution in [2.24, 2.45) is 0 Å². The summed E-state index contributed by atoms with van der Waals surface area (Å²) in [6.45, 7) is 5.09. The van der Waals surface area contributed by atoms with Crippen molar-refractivity contribution >= 4 is 33.2 Å². The molecule has 7 nitrogen and oxygen atoms in total. The average molecular weight is 554 g/mol. The highest BCUT2D eigenvalue weighted by Gasteiger charge is 2.37. The zero-order chi connectivity index (χ0) is 26.7. The monoisotopic (exact) mass is 553 g/mol. The summed E-state index contributed by atoms with van der Waals surface area (Å²) in [5.74, 6) is -0.0792. The Bertz CT molecular complexity index is 1410. The molecule has 3 aromatic carbocycles. The highest BCUT2D eigenvalue weighted by molar-refractivity contribution is 7.92. The lowest BCUT2D eigenvalue weighted by Crippen LogP contribution is -2.50. The van der Waals surface area contributed by atoms with E-state index in [2.05, 4.69) is 16.3 Å². The fourth-order valence-electron chi connectivity index (χ4n) is 4.96. The van der Waals surface area contributed by atoms with Gasteiger partial charge in [-0.25, -0.2) is 8.42 Å². The van der Waals surface area contributed by atoms with Crippen molar-refractivity contribution in [2.45, 2.75) is 50.3 Å². The van der Waals surface area contributed by atoms with Gasteiger partial charge in [0.2, 0.25) is 0 Å². The van der Waals surface area contributed by atoms with Crippen LogP contribution >= 0.6 is 11.6 Å². The molecule has 2 aliphatic heterocycles. The Kier molecular flexibility index (Phi) is 7.93. The van der Waals surface area contributed by atoms with Crippen LogP contribution in [0.1, 0.15) is 36.0 Å². The Hall–Kier alpha value is -3.07. The summed E-state index contributed by atoms with van der Waals surface area (Å²) >= 11 is 6.20. The average Bonchev–Trinajstić information content (AvgIpc) is 2.92.